The summed E-state index contributed by atoms with van der Waals surface area (Å²) in [7, 11) is 1.65. The maximum Gasteiger partial charge on any atom is 0.381 e. The molecule has 6 nitrogen and oxygen atoms in total. The summed E-state index contributed by atoms with van der Waals surface area (Å²) in [5.41, 5.74) is 0. The molecule has 0 fully saturated rings. The van der Waals surface area contributed by atoms with Gasteiger partial charge in [0.2, 0.25) is 5.82 Å². The second kappa shape index (κ2) is 3.38. The Morgan fingerprint density at radius 2 is 2.57 bits per heavy atom. The van der Waals surface area contributed by atoms with E-state index in [1.54, 1.807) is 11.7 Å². The maximum atomic E-state index is 10.5. The Morgan fingerprint density at radius 3 is 3.21 bits per heavy atom. The fraction of sp³-hybridized carbons (Fsp3) is 0.625. The molecule has 0 radical (unpaired) electrons. The second-order valence-electron chi connectivity index (χ2n) is 3.32. The molecule has 1 atom stereocenters. The Labute approximate surface area is 80.7 Å². The molecule has 0 aliphatic carbocycles. The molecule has 6 heteroatoms. The maximum absolute atomic E-state index is 10.5. The Hall–Kier alpha value is -1.43. The van der Waals surface area contributed by atoms with E-state index in [2.05, 4.69) is 4.98 Å². The predicted molar refractivity (Wildman–Crippen MR) is 48.0 cm³/mol. The Balaban J connectivity index is 2.25. The summed E-state index contributed by atoms with van der Waals surface area (Å²) in [4.78, 5) is 13.9. The summed E-state index contributed by atoms with van der Waals surface area (Å²) in [5.74, 6) is 0.710. The van der Waals surface area contributed by atoms with Crippen LogP contribution in [0.5, 0.6) is 0 Å². The number of imidazole rings is 1. The van der Waals surface area contributed by atoms with Gasteiger partial charge in [-0.2, -0.15) is 0 Å². The highest BCUT2D eigenvalue weighted by Crippen LogP contribution is 2.19. The standard InChI is InChI=1S/C8H11N3O3/c1-14-6-2-3-7-9-8(11(12)13)5-10(7)4-6/h5-6H,2-4H2,1H3. The van der Waals surface area contributed by atoms with Crippen molar-refractivity contribution in [2.24, 2.45) is 0 Å². The van der Waals surface area contributed by atoms with E-state index in [1.807, 2.05) is 0 Å². The van der Waals surface area contributed by atoms with Gasteiger partial charge in [0.15, 0.2) is 0 Å². The number of ether oxygens (including phenoxy) is 1. The van der Waals surface area contributed by atoms with E-state index in [9.17, 15) is 10.1 Å². The van der Waals surface area contributed by atoms with Crippen molar-refractivity contribution < 1.29 is 9.66 Å². The number of hydrogen-bond acceptors (Lipinski definition) is 4. The van der Waals surface area contributed by atoms with Crippen LogP contribution in [0.25, 0.3) is 0 Å². The van der Waals surface area contributed by atoms with Gasteiger partial charge in [0.05, 0.1) is 12.6 Å². The average molecular weight is 197 g/mol. The predicted octanol–water partition coefficient (Wildman–Crippen LogP) is 0.752. The number of nitro groups is 1. The molecule has 0 amide bonds. The molecule has 0 N–H and O–H groups in total. The fourth-order valence-corrected chi connectivity index (χ4v) is 1.68. The number of rotatable bonds is 2. The first kappa shape index (κ1) is 9.14. The molecular weight excluding hydrogens is 186 g/mol. The third-order valence-electron chi connectivity index (χ3n) is 2.46. The number of aryl methyl sites for hydroxylation is 1. The largest absolute Gasteiger partial charge is 0.381 e. The van der Waals surface area contributed by atoms with Gasteiger partial charge in [0.1, 0.15) is 6.20 Å². The number of methoxy groups -OCH3 is 1. The van der Waals surface area contributed by atoms with Gasteiger partial charge >= 0.3 is 5.82 Å². The Morgan fingerprint density at radius 1 is 1.79 bits per heavy atom. The smallest absolute Gasteiger partial charge is 0.380 e. The minimum atomic E-state index is -0.465. The zero-order valence-corrected chi connectivity index (χ0v) is 7.84. The topological polar surface area (TPSA) is 70.2 Å². The zero-order valence-electron chi connectivity index (χ0n) is 7.84. The first-order chi connectivity index (χ1) is 6.70. The summed E-state index contributed by atoms with van der Waals surface area (Å²) >= 11 is 0. The van der Waals surface area contributed by atoms with Crippen molar-refractivity contribution in [1.82, 2.24) is 9.55 Å². The molecular formula is C8H11N3O3. The van der Waals surface area contributed by atoms with Gasteiger partial charge in [-0.05, 0) is 16.3 Å². The molecule has 0 aromatic carbocycles. The van der Waals surface area contributed by atoms with Crippen LogP contribution in [0.2, 0.25) is 0 Å². The van der Waals surface area contributed by atoms with Gasteiger partial charge in [-0.25, -0.2) is 0 Å². The minimum Gasteiger partial charge on any atom is -0.380 e. The highest BCUT2D eigenvalue weighted by molar-refractivity contribution is 5.18. The minimum absolute atomic E-state index is 0.0725. The highest BCUT2D eigenvalue weighted by Gasteiger charge is 2.25. The third-order valence-corrected chi connectivity index (χ3v) is 2.46. The molecule has 0 saturated carbocycles. The second-order valence-corrected chi connectivity index (χ2v) is 3.32. The van der Waals surface area contributed by atoms with E-state index in [4.69, 9.17) is 4.74 Å². The van der Waals surface area contributed by atoms with Crippen molar-refractivity contribution in [1.29, 1.82) is 0 Å². The molecule has 1 aromatic heterocycles. The monoisotopic (exact) mass is 197 g/mol. The van der Waals surface area contributed by atoms with Crippen molar-refractivity contribution in [2.75, 3.05) is 7.11 Å². The number of aromatic nitrogens is 2. The molecule has 1 aliphatic rings. The van der Waals surface area contributed by atoms with Crippen molar-refractivity contribution in [3.63, 3.8) is 0 Å². The summed E-state index contributed by atoms with van der Waals surface area (Å²) in [5, 5.41) is 10.5. The number of fused-ring (bicyclic) bond motifs is 1. The number of hydrogen-bond donors (Lipinski definition) is 0. The van der Waals surface area contributed by atoms with Crippen LogP contribution in [-0.4, -0.2) is 27.7 Å². The van der Waals surface area contributed by atoms with Crippen molar-refractivity contribution in [3.8, 4) is 0 Å². The summed E-state index contributed by atoms with van der Waals surface area (Å²) in [6.07, 6.45) is 3.24. The molecule has 1 aromatic rings. The SMILES string of the molecule is COC1CCc2nc([N+](=O)[O-])cn2C1. The van der Waals surface area contributed by atoms with Crippen molar-refractivity contribution in [3.05, 3.63) is 22.1 Å². The highest BCUT2D eigenvalue weighted by atomic mass is 16.6. The lowest BCUT2D eigenvalue weighted by Crippen LogP contribution is -2.25. The molecule has 1 unspecified atom stereocenters. The van der Waals surface area contributed by atoms with Crippen LogP contribution in [0.15, 0.2) is 6.20 Å². The van der Waals surface area contributed by atoms with E-state index in [1.165, 1.54) is 6.20 Å². The third kappa shape index (κ3) is 1.48. The number of nitrogens with zero attached hydrogens (tertiary/aromatic N) is 3. The van der Waals surface area contributed by atoms with Crippen LogP contribution in [-0.2, 0) is 17.7 Å². The van der Waals surface area contributed by atoms with E-state index in [0.29, 0.717) is 6.54 Å². The lowest BCUT2D eigenvalue weighted by Gasteiger charge is -2.19. The lowest BCUT2D eigenvalue weighted by molar-refractivity contribution is -0.389. The molecule has 2 rings (SSSR count). The first-order valence-electron chi connectivity index (χ1n) is 4.44. The van der Waals surface area contributed by atoms with E-state index < -0.39 is 4.92 Å². The van der Waals surface area contributed by atoms with E-state index in [-0.39, 0.29) is 11.9 Å². The molecule has 0 bridgehead atoms. The van der Waals surface area contributed by atoms with Crippen LogP contribution >= 0.6 is 0 Å². The van der Waals surface area contributed by atoms with Crippen LogP contribution in [0.4, 0.5) is 5.82 Å². The summed E-state index contributed by atoms with van der Waals surface area (Å²) in [6, 6.07) is 0. The van der Waals surface area contributed by atoms with Crippen molar-refractivity contribution >= 4 is 5.82 Å². The quantitative estimate of drug-likeness (QED) is 0.518. The first-order valence-corrected chi connectivity index (χ1v) is 4.44. The summed E-state index contributed by atoms with van der Waals surface area (Å²) in [6.45, 7) is 0.659. The van der Waals surface area contributed by atoms with Gasteiger partial charge in [-0.1, -0.05) is 0 Å². The molecule has 0 spiro atoms. The van der Waals surface area contributed by atoms with Gasteiger partial charge < -0.3 is 19.4 Å². The molecule has 14 heavy (non-hydrogen) atoms. The average Bonchev–Trinajstić information content (AvgIpc) is 2.59. The zero-order chi connectivity index (χ0) is 10.1. The van der Waals surface area contributed by atoms with Crippen LogP contribution < -0.4 is 0 Å². The molecule has 0 saturated heterocycles. The van der Waals surface area contributed by atoms with Gasteiger partial charge in [0.25, 0.3) is 0 Å². The fourth-order valence-electron chi connectivity index (χ4n) is 1.68. The Kier molecular flexibility index (Phi) is 2.20. The normalized spacial score (nSPS) is 20.5. The molecule has 76 valence electrons. The van der Waals surface area contributed by atoms with E-state index >= 15 is 0 Å². The van der Waals surface area contributed by atoms with Crippen molar-refractivity contribution in [2.45, 2.75) is 25.5 Å². The Bertz CT molecular complexity index is 361. The molecule has 1 aliphatic heterocycles. The van der Waals surface area contributed by atoms with Gasteiger partial charge in [0, 0.05) is 13.5 Å². The van der Waals surface area contributed by atoms with Gasteiger partial charge in [-0.15, -0.1) is 0 Å². The van der Waals surface area contributed by atoms with Crippen LogP contribution in [0.1, 0.15) is 12.2 Å². The van der Waals surface area contributed by atoms with Gasteiger partial charge in [-0.3, -0.25) is 0 Å². The summed E-state index contributed by atoms with van der Waals surface area (Å²) < 4.78 is 7.00. The lowest BCUT2D eigenvalue weighted by atomic mass is 10.1. The molecule has 2 heterocycles. The van der Waals surface area contributed by atoms with Crippen LogP contribution in [0.3, 0.4) is 0 Å². The van der Waals surface area contributed by atoms with Crippen LogP contribution in [0, 0.1) is 10.1 Å². The van der Waals surface area contributed by atoms with E-state index in [0.717, 1.165) is 18.7 Å².